The van der Waals surface area contributed by atoms with Crippen molar-refractivity contribution in [2.24, 2.45) is 0 Å². The summed E-state index contributed by atoms with van der Waals surface area (Å²) in [5.41, 5.74) is 0.570. The number of hydrogen-bond acceptors (Lipinski definition) is 2. The number of rotatable bonds is 2. The fraction of sp³-hybridized carbons (Fsp3) is 0. The summed E-state index contributed by atoms with van der Waals surface area (Å²) in [6.07, 6.45) is 0. The Bertz CT molecular complexity index is 491. The molecule has 0 bridgehead atoms. The zero-order valence-electron chi connectivity index (χ0n) is 7.61. The first kappa shape index (κ1) is 9.86. The lowest BCUT2D eigenvalue weighted by molar-refractivity contribution is 0.0696. The van der Waals surface area contributed by atoms with E-state index in [-0.39, 0.29) is 5.56 Å². The standard InChI is InChI=1S/C11H7FO2S/c12-9-5-7(10-2-1-3-15-10)4-8(6-9)11(13)14/h1-6H,(H,13,14). The van der Waals surface area contributed by atoms with Gasteiger partial charge in [0.1, 0.15) is 5.82 Å². The van der Waals surface area contributed by atoms with Crippen molar-refractivity contribution in [2.45, 2.75) is 0 Å². The lowest BCUT2D eigenvalue weighted by atomic mass is 10.1. The fourth-order valence-corrected chi connectivity index (χ4v) is 2.01. The van der Waals surface area contributed by atoms with Crippen molar-refractivity contribution in [2.75, 3.05) is 0 Å². The van der Waals surface area contributed by atoms with E-state index in [0.717, 1.165) is 10.9 Å². The van der Waals surface area contributed by atoms with E-state index in [1.807, 2.05) is 17.5 Å². The summed E-state index contributed by atoms with van der Waals surface area (Å²) in [5.74, 6) is -1.65. The molecular formula is C11H7FO2S. The van der Waals surface area contributed by atoms with Gasteiger partial charge in [-0.15, -0.1) is 11.3 Å². The second-order valence-electron chi connectivity index (χ2n) is 3.01. The third-order valence-electron chi connectivity index (χ3n) is 1.95. The molecule has 0 saturated carbocycles. The Kier molecular flexibility index (Phi) is 2.51. The Labute approximate surface area is 89.6 Å². The summed E-state index contributed by atoms with van der Waals surface area (Å²) in [4.78, 5) is 11.6. The van der Waals surface area contributed by atoms with Crippen molar-refractivity contribution in [3.05, 3.63) is 47.1 Å². The van der Waals surface area contributed by atoms with Crippen molar-refractivity contribution in [1.82, 2.24) is 0 Å². The van der Waals surface area contributed by atoms with Gasteiger partial charge in [-0.05, 0) is 35.2 Å². The van der Waals surface area contributed by atoms with Gasteiger partial charge in [0.05, 0.1) is 5.56 Å². The van der Waals surface area contributed by atoms with E-state index in [9.17, 15) is 9.18 Å². The maximum Gasteiger partial charge on any atom is 0.335 e. The summed E-state index contributed by atoms with van der Waals surface area (Å²) in [5, 5.41) is 10.6. The Morgan fingerprint density at radius 2 is 2.13 bits per heavy atom. The van der Waals surface area contributed by atoms with Crippen LogP contribution in [0.2, 0.25) is 0 Å². The Balaban J connectivity index is 2.54. The molecule has 1 aromatic heterocycles. The van der Waals surface area contributed by atoms with Gasteiger partial charge in [-0.25, -0.2) is 9.18 Å². The van der Waals surface area contributed by atoms with Gasteiger partial charge in [-0.3, -0.25) is 0 Å². The van der Waals surface area contributed by atoms with Crippen LogP contribution < -0.4 is 0 Å². The molecule has 0 unspecified atom stereocenters. The van der Waals surface area contributed by atoms with Crippen LogP contribution in [0, 0.1) is 5.82 Å². The van der Waals surface area contributed by atoms with Crippen molar-refractivity contribution in [1.29, 1.82) is 0 Å². The molecule has 1 N–H and O–H groups in total. The Morgan fingerprint density at radius 1 is 1.33 bits per heavy atom. The lowest BCUT2D eigenvalue weighted by Gasteiger charge is -2.00. The molecule has 0 amide bonds. The number of thiophene rings is 1. The van der Waals surface area contributed by atoms with E-state index in [0.29, 0.717) is 5.56 Å². The molecule has 4 heteroatoms. The molecule has 0 aliphatic heterocycles. The lowest BCUT2D eigenvalue weighted by Crippen LogP contribution is -1.97. The molecule has 2 aromatic rings. The maximum absolute atomic E-state index is 13.1. The average Bonchev–Trinajstić information content (AvgIpc) is 2.69. The van der Waals surface area contributed by atoms with Crippen LogP contribution in [0.3, 0.4) is 0 Å². The van der Waals surface area contributed by atoms with Crippen LogP contribution in [0.25, 0.3) is 10.4 Å². The van der Waals surface area contributed by atoms with Gasteiger partial charge in [0.25, 0.3) is 0 Å². The van der Waals surface area contributed by atoms with Crippen LogP contribution in [0.5, 0.6) is 0 Å². The van der Waals surface area contributed by atoms with Gasteiger partial charge in [0, 0.05) is 4.88 Å². The molecule has 0 saturated heterocycles. The van der Waals surface area contributed by atoms with Crippen LogP contribution in [0.15, 0.2) is 35.7 Å². The quantitative estimate of drug-likeness (QED) is 0.846. The van der Waals surface area contributed by atoms with Crippen LogP contribution >= 0.6 is 11.3 Å². The first-order valence-electron chi connectivity index (χ1n) is 4.24. The minimum atomic E-state index is -1.12. The number of carboxylic acids is 1. The third-order valence-corrected chi connectivity index (χ3v) is 2.87. The second-order valence-corrected chi connectivity index (χ2v) is 3.96. The Hall–Kier alpha value is -1.68. The van der Waals surface area contributed by atoms with Gasteiger partial charge >= 0.3 is 5.97 Å². The minimum Gasteiger partial charge on any atom is -0.478 e. The molecule has 0 fully saturated rings. The molecule has 0 aliphatic carbocycles. The van der Waals surface area contributed by atoms with Gasteiger partial charge in [-0.2, -0.15) is 0 Å². The third kappa shape index (κ3) is 2.05. The molecule has 1 aromatic carbocycles. The second kappa shape index (κ2) is 3.82. The average molecular weight is 222 g/mol. The zero-order chi connectivity index (χ0) is 10.8. The minimum absolute atomic E-state index is 0.0293. The van der Waals surface area contributed by atoms with E-state index in [4.69, 9.17) is 5.11 Å². The number of aromatic carboxylic acids is 1. The molecule has 0 atom stereocenters. The van der Waals surface area contributed by atoms with Gasteiger partial charge in [0.15, 0.2) is 0 Å². The first-order valence-corrected chi connectivity index (χ1v) is 5.12. The molecule has 76 valence electrons. The molecule has 0 spiro atoms. The highest BCUT2D eigenvalue weighted by molar-refractivity contribution is 7.13. The maximum atomic E-state index is 13.1. The monoisotopic (exact) mass is 222 g/mol. The molecule has 15 heavy (non-hydrogen) atoms. The van der Waals surface area contributed by atoms with Crippen molar-refractivity contribution < 1.29 is 14.3 Å². The van der Waals surface area contributed by atoms with Crippen LogP contribution in [0.4, 0.5) is 4.39 Å². The van der Waals surface area contributed by atoms with Crippen molar-refractivity contribution in [3.63, 3.8) is 0 Å². The van der Waals surface area contributed by atoms with Crippen LogP contribution in [0.1, 0.15) is 10.4 Å². The molecule has 2 rings (SSSR count). The molecule has 0 aliphatic rings. The highest BCUT2D eigenvalue weighted by Crippen LogP contribution is 2.26. The normalized spacial score (nSPS) is 10.2. The van der Waals surface area contributed by atoms with Crippen LogP contribution in [-0.2, 0) is 0 Å². The largest absolute Gasteiger partial charge is 0.478 e. The molecular weight excluding hydrogens is 215 g/mol. The SMILES string of the molecule is O=C(O)c1cc(F)cc(-c2cccs2)c1. The highest BCUT2D eigenvalue weighted by atomic mass is 32.1. The molecule has 0 radical (unpaired) electrons. The van der Waals surface area contributed by atoms with E-state index in [2.05, 4.69) is 0 Å². The van der Waals surface area contributed by atoms with Crippen LogP contribution in [-0.4, -0.2) is 11.1 Å². The summed E-state index contributed by atoms with van der Waals surface area (Å²) in [6, 6.07) is 7.48. The predicted molar refractivity (Wildman–Crippen MR) is 56.7 cm³/mol. The van der Waals surface area contributed by atoms with Crippen molar-refractivity contribution in [3.8, 4) is 10.4 Å². The summed E-state index contributed by atoms with van der Waals surface area (Å²) in [6.45, 7) is 0. The van der Waals surface area contributed by atoms with Gasteiger partial charge < -0.3 is 5.11 Å². The van der Waals surface area contributed by atoms with E-state index in [1.165, 1.54) is 23.5 Å². The van der Waals surface area contributed by atoms with E-state index < -0.39 is 11.8 Å². The summed E-state index contributed by atoms with van der Waals surface area (Å²) in [7, 11) is 0. The van der Waals surface area contributed by atoms with E-state index >= 15 is 0 Å². The number of carboxylic acid groups (broad SMARTS) is 1. The summed E-state index contributed by atoms with van der Waals surface area (Å²) >= 11 is 1.45. The van der Waals surface area contributed by atoms with Gasteiger partial charge in [0.2, 0.25) is 0 Å². The zero-order valence-corrected chi connectivity index (χ0v) is 8.42. The highest BCUT2D eigenvalue weighted by Gasteiger charge is 2.08. The van der Waals surface area contributed by atoms with Gasteiger partial charge in [-0.1, -0.05) is 6.07 Å². The number of hydrogen-bond donors (Lipinski definition) is 1. The first-order chi connectivity index (χ1) is 7.16. The fourth-order valence-electron chi connectivity index (χ4n) is 1.30. The topological polar surface area (TPSA) is 37.3 Å². The predicted octanol–water partition coefficient (Wildman–Crippen LogP) is 3.25. The Morgan fingerprint density at radius 3 is 2.73 bits per heavy atom. The van der Waals surface area contributed by atoms with E-state index in [1.54, 1.807) is 0 Å². The number of halogens is 1. The number of carbonyl (C=O) groups is 1. The summed E-state index contributed by atoms with van der Waals surface area (Å²) < 4.78 is 13.1. The molecule has 1 heterocycles. The smallest absolute Gasteiger partial charge is 0.335 e. The molecule has 2 nitrogen and oxygen atoms in total. The van der Waals surface area contributed by atoms with Crippen molar-refractivity contribution >= 4 is 17.3 Å². The number of benzene rings is 1.